The number of aromatic nitrogens is 2. The molecule has 0 N–H and O–H groups in total. The van der Waals surface area contributed by atoms with Gasteiger partial charge in [-0.1, -0.05) is 6.08 Å². The predicted molar refractivity (Wildman–Crippen MR) is 110 cm³/mol. The lowest BCUT2D eigenvalue weighted by molar-refractivity contribution is -0.120. The van der Waals surface area contributed by atoms with Crippen LogP contribution in [0.3, 0.4) is 0 Å². The molecule has 164 valence electrons. The van der Waals surface area contributed by atoms with Crippen LogP contribution < -0.4 is 4.90 Å². The zero-order chi connectivity index (χ0) is 22.8. The Morgan fingerprint density at radius 1 is 1.23 bits per heavy atom. The van der Waals surface area contributed by atoms with Gasteiger partial charge in [0.25, 0.3) is 5.89 Å². The fourth-order valence-corrected chi connectivity index (χ4v) is 3.47. The fraction of sp³-hybridized carbons (Fsp3) is 0.400. The van der Waals surface area contributed by atoms with E-state index in [0.29, 0.717) is 16.7 Å². The van der Waals surface area contributed by atoms with Crippen LogP contribution in [0, 0.1) is 11.3 Å². The summed E-state index contributed by atoms with van der Waals surface area (Å²) in [6, 6.07) is 5.74. The number of hydrogen-bond acceptors (Lipinski definition) is 6. The second-order valence-corrected chi connectivity index (χ2v) is 8.32. The first-order valence-corrected chi connectivity index (χ1v) is 10.1. The van der Waals surface area contributed by atoms with Gasteiger partial charge in [-0.2, -0.15) is 18.4 Å². The largest absolute Gasteiger partial charge is 0.417 e. The van der Waals surface area contributed by atoms with Gasteiger partial charge in [-0.15, -0.1) is 10.2 Å². The van der Waals surface area contributed by atoms with E-state index in [-0.39, 0.29) is 35.1 Å². The smallest absolute Gasteiger partial charge is 0.405 e. The average Bonchev–Trinajstić information content (AvgIpc) is 3.14. The first-order chi connectivity index (χ1) is 14.5. The van der Waals surface area contributed by atoms with E-state index in [1.54, 1.807) is 6.08 Å². The van der Waals surface area contributed by atoms with Crippen molar-refractivity contribution in [2.75, 3.05) is 11.4 Å². The van der Waals surface area contributed by atoms with Crippen LogP contribution in [0.1, 0.15) is 49.6 Å². The normalized spacial score (nSPS) is 14.6. The van der Waals surface area contributed by atoms with Crippen molar-refractivity contribution < 1.29 is 22.0 Å². The van der Waals surface area contributed by atoms with Crippen LogP contribution >= 0.6 is 15.9 Å². The highest BCUT2D eigenvalue weighted by atomic mass is 79.9. The number of nitriles is 1. The van der Waals surface area contributed by atoms with E-state index in [0.717, 1.165) is 11.3 Å². The summed E-state index contributed by atoms with van der Waals surface area (Å²) in [5.74, 6) is 0.0477. The number of aliphatic imine (C=N–C) groups is 1. The molecule has 1 aliphatic rings. The quantitative estimate of drug-likeness (QED) is 0.480. The summed E-state index contributed by atoms with van der Waals surface area (Å²) in [4.78, 5) is 5.20. The van der Waals surface area contributed by atoms with Gasteiger partial charge in [0.1, 0.15) is 17.9 Å². The van der Waals surface area contributed by atoms with Crippen molar-refractivity contribution in [1.82, 2.24) is 10.2 Å². The SMILES string of the molecule is CC(C)(F)c1cc(N(Cc2nnc(C3=CCCC(Br)=N3)o2)CC(F)(F)F)ccc1C#N. The Bertz CT molecular complexity index is 1060. The molecule has 31 heavy (non-hydrogen) atoms. The Balaban J connectivity index is 1.93. The first-order valence-electron chi connectivity index (χ1n) is 9.27. The minimum atomic E-state index is -4.54. The zero-order valence-corrected chi connectivity index (χ0v) is 18.3. The summed E-state index contributed by atoms with van der Waals surface area (Å²) in [5, 5.41) is 16.9. The Hall–Kier alpha value is -2.74. The molecular weight excluding hydrogens is 482 g/mol. The highest BCUT2D eigenvalue weighted by molar-refractivity contribution is 9.18. The summed E-state index contributed by atoms with van der Waals surface area (Å²) < 4.78 is 60.5. The van der Waals surface area contributed by atoms with E-state index < -0.39 is 18.4 Å². The molecule has 1 aliphatic heterocycles. The van der Waals surface area contributed by atoms with Crippen LogP contribution in [0.4, 0.5) is 23.2 Å². The number of allylic oxidation sites excluding steroid dienone is 1. The Morgan fingerprint density at radius 2 is 1.97 bits per heavy atom. The molecule has 0 unspecified atom stereocenters. The monoisotopic (exact) mass is 499 g/mol. The van der Waals surface area contributed by atoms with Crippen molar-refractivity contribution in [3.05, 3.63) is 47.2 Å². The van der Waals surface area contributed by atoms with E-state index in [9.17, 15) is 22.8 Å². The van der Waals surface area contributed by atoms with Crippen molar-refractivity contribution in [1.29, 1.82) is 5.26 Å². The molecule has 2 heterocycles. The topological polar surface area (TPSA) is 78.3 Å². The van der Waals surface area contributed by atoms with Crippen LogP contribution in [-0.2, 0) is 12.2 Å². The molecule has 0 atom stereocenters. The van der Waals surface area contributed by atoms with Gasteiger partial charge in [0, 0.05) is 11.3 Å². The van der Waals surface area contributed by atoms with E-state index in [2.05, 4.69) is 31.1 Å². The maximum absolute atomic E-state index is 14.6. The highest BCUT2D eigenvalue weighted by Crippen LogP contribution is 2.33. The van der Waals surface area contributed by atoms with Crippen LogP contribution in [0.15, 0.2) is 33.7 Å². The van der Waals surface area contributed by atoms with Crippen molar-refractivity contribution in [2.45, 2.75) is 45.1 Å². The molecule has 0 amide bonds. The molecule has 0 aliphatic carbocycles. The van der Waals surface area contributed by atoms with Crippen molar-refractivity contribution in [3.63, 3.8) is 0 Å². The van der Waals surface area contributed by atoms with Gasteiger partial charge >= 0.3 is 6.18 Å². The molecule has 0 spiro atoms. The molecule has 11 heteroatoms. The molecule has 1 aromatic carbocycles. The molecule has 0 saturated carbocycles. The molecular formula is C20H18BrF4N5O. The van der Waals surface area contributed by atoms with Crippen LogP contribution in [0.5, 0.6) is 0 Å². The third-order valence-electron chi connectivity index (χ3n) is 4.44. The van der Waals surface area contributed by atoms with Crippen molar-refractivity contribution >= 4 is 31.9 Å². The number of hydrogen-bond donors (Lipinski definition) is 0. The highest BCUT2D eigenvalue weighted by Gasteiger charge is 2.33. The summed E-state index contributed by atoms with van der Waals surface area (Å²) >= 11 is 3.30. The van der Waals surface area contributed by atoms with Crippen LogP contribution in [0.25, 0.3) is 5.70 Å². The summed E-state index contributed by atoms with van der Waals surface area (Å²) in [7, 11) is 0. The summed E-state index contributed by atoms with van der Waals surface area (Å²) in [5.41, 5.74) is -1.34. The lowest BCUT2D eigenvalue weighted by Gasteiger charge is -2.26. The number of nitrogens with zero attached hydrogens (tertiary/aromatic N) is 5. The molecule has 6 nitrogen and oxygen atoms in total. The molecule has 2 aromatic rings. The fourth-order valence-electron chi connectivity index (χ4n) is 3.05. The van der Waals surface area contributed by atoms with Gasteiger partial charge in [0.15, 0.2) is 0 Å². The minimum absolute atomic E-state index is 0.00237. The van der Waals surface area contributed by atoms with Gasteiger partial charge in [-0.3, -0.25) is 0 Å². The number of alkyl halides is 4. The van der Waals surface area contributed by atoms with E-state index in [4.69, 9.17) is 4.42 Å². The van der Waals surface area contributed by atoms with Crippen LogP contribution in [-0.4, -0.2) is 27.5 Å². The van der Waals surface area contributed by atoms with E-state index in [1.807, 2.05) is 6.07 Å². The Labute approximate surface area is 184 Å². The van der Waals surface area contributed by atoms with Gasteiger partial charge in [-0.05, 0) is 60.8 Å². The Kier molecular flexibility index (Phi) is 6.50. The summed E-state index contributed by atoms with van der Waals surface area (Å²) in [6.07, 6.45) is -1.30. The van der Waals surface area contributed by atoms with Gasteiger partial charge in [0.05, 0.1) is 22.8 Å². The lowest BCUT2D eigenvalue weighted by Crippen LogP contribution is -2.34. The number of anilines is 1. The van der Waals surface area contributed by atoms with Gasteiger partial charge in [-0.25, -0.2) is 9.38 Å². The molecule has 0 bridgehead atoms. The van der Waals surface area contributed by atoms with Gasteiger partial charge < -0.3 is 9.32 Å². The first kappa shape index (κ1) is 22.9. The summed E-state index contributed by atoms with van der Waals surface area (Å²) in [6.45, 7) is 0.793. The zero-order valence-electron chi connectivity index (χ0n) is 16.7. The molecule has 1 aromatic heterocycles. The maximum atomic E-state index is 14.6. The molecule has 0 fully saturated rings. The maximum Gasteiger partial charge on any atom is 0.405 e. The third-order valence-corrected chi connectivity index (χ3v) is 5.02. The van der Waals surface area contributed by atoms with Crippen molar-refractivity contribution in [3.8, 4) is 6.07 Å². The van der Waals surface area contributed by atoms with Crippen molar-refractivity contribution in [2.24, 2.45) is 4.99 Å². The van der Waals surface area contributed by atoms with E-state index in [1.165, 1.54) is 32.0 Å². The second-order valence-electron chi connectivity index (χ2n) is 7.40. The molecule has 3 rings (SSSR count). The average molecular weight is 500 g/mol. The standard InChI is InChI=1S/C20H18BrF4N5O/c1-19(2,22)14-8-13(7-6-12(14)9-26)30(11-20(23,24)25)10-17-28-29-18(31-17)15-4-3-5-16(21)27-15/h4,6-8H,3,5,10-11H2,1-2H3. The minimum Gasteiger partial charge on any atom is -0.417 e. The molecule has 0 radical (unpaired) electrons. The molecule has 0 saturated heterocycles. The second kappa shape index (κ2) is 8.78. The lowest BCUT2D eigenvalue weighted by atomic mass is 9.94. The number of benzene rings is 1. The number of rotatable bonds is 6. The van der Waals surface area contributed by atoms with Crippen LogP contribution in [0.2, 0.25) is 0 Å². The number of halogens is 5. The van der Waals surface area contributed by atoms with E-state index >= 15 is 0 Å². The Morgan fingerprint density at radius 3 is 2.58 bits per heavy atom. The van der Waals surface area contributed by atoms with Gasteiger partial charge in [0.2, 0.25) is 5.89 Å². The predicted octanol–water partition coefficient (Wildman–Crippen LogP) is 5.64. The third kappa shape index (κ3) is 5.91.